The van der Waals surface area contributed by atoms with Crippen LogP contribution in [0.5, 0.6) is 0 Å². The third-order valence-corrected chi connectivity index (χ3v) is 4.39. The van der Waals surface area contributed by atoms with Crippen molar-refractivity contribution in [1.29, 1.82) is 0 Å². The number of H-pyrrole nitrogens is 1. The number of hydrogen-bond donors (Lipinski definition) is 3. The molecule has 0 aromatic carbocycles. The molecule has 0 bridgehead atoms. The molecule has 1 aromatic heterocycles. The summed E-state index contributed by atoms with van der Waals surface area (Å²) >= 11 is 0. The van der Waals surface area contributed by atoms with Crippen LogP contribution in [0.15, 0.2) is 4.79 Å². The molecule has 0 amide bonds. The lowest BCUT2D eigenvalue weighted by atomic mass is 10.5. The van der Waals surface area contributed by atoms with Gasteiger partial charge in [0.05, 0.1) is 6.67 Å². The Morgan fingerprint density at radius 2 is 2.13 bits per heavy atom. The molecule has 82 valence electrons. The van der Waals surface area contributed by atoms with Gasteiger partial charge in [0.2, 0.25) is 5.95 Å². The fraction of sp³-hybridized carbons (Fsp3) is 0.500. The highest BCUT2D eigenvalue weighted by molar-refractivity contribution is 6.80. The van der Waals surface area contributed by atoms with Gasteiger partial charge >= 0.3 is 0 Å². The summed E-state index contributed by atoms with van der Waals surface area (Å²) in [5.74, 6) is 0.862. The van der Waals surface area contributed by atoms with Crippen LogP contribution >= 0.6 is 0 Å². The van der Waals surface area contributed by atoms with Gasteiger partial charge in [-0.2, -0.15) is 4.98 Å². The largest absolute Gasteiger partial charge is 0.369 e. The van der Waals surface area contributed by atoms with Crippen LogP contribution < -0.4 is 21.2 Å². The van der Waals surface area contributed by atoms with Gasteiger partial charge in [-0.1, -0.05) is 19.6 Å². The number of nitrogens with two attached hydrogens (primary N) is 1. The van der Waals surface area contributed by atoms with E-state index in [-0.39, 0.29) is 11.5 Å². The summed E-state index contributed by atoms with van der Waals surface area (Å²) in [6, 6.07) is 0. The number of hydrogen-bond acceptors (Lipinski definition) is 5. The number of anilines is 3. The third kappa shape index (κ3) is 1.58. The van der Waals surface area contributed by atoms with E-state index >= 15 is 0 Å². The Kier molecular flexibility index (Phi) is 2.00. The third-order valence-electron chi connectivity index (χ3n) is 2.40. The lowest BCUT2D eigenvalue weighted by molar-refractivity contribution is 1.09. The number of nitrogens with one attached hydrogen (secondary N) is 2. The number of nitrogen functional groups attached to an aromatic ring is 1. The summed E-state index contributed by atoms with van der Waals surface area (Å²) < 4.78 is 2.15. The van der Waals surface area contributed by atoms with Gasteiger partial charge in [-0.05, 0) is 0 Å². The molecule has 7 heteroatoms. The standard InChI is InChI=1S/C8H15N5OSi/c1-15(2,3)13-4-10-5-6(13)11-8(9)12-7(5)14/h10H,4H2,1-3H3,(H3,9,11,12,14). The van der Waals surface area contributed by atoms with Crippen molar-refractivity contribution in [3.63, 3.8) is 0 Å². The first-order valence-corrected chi connectivity index (χ1v) is 8.25. The van der Waals surface area contributed by atoms with E-state index in [0.717, 1.165) is 0 Å². The van der Waals surface area contributed by atoms with E-state index in [1.54, 1.807) is 0 Å². The minimum atomic E-state index is -1.52. The van der Waals surface area contributed by atoms with Crippen molar-refractivity contribution < 1.29 is 0 Å². The SMILES string of the molecule is C[Si](C)(C)N1CNc2c1nc(N)[nH]c2=O. The molecule has 1 aromatic rings. The molecule has 4 N–H and O–H groups in total. The molecule has 1 aliphatic heterocycles. The van der Waals surface area contributed by atoms with E-state index in [0.29, 0.717) is 18.2 Å². The average molecular weight is 225 g/mol. The van der Waals surface area contributed by atoms with E-state index in [9.17, 15) is 4.79 Å². The van der Waals surface area contributed by atoms with Crippen LogP contribution in [0.3, 0.4) is 0 Å². The van der Waals surface area contributed by atoms with Crippen molar-refractivity contribution >= 4 is 25.7 Å². The van der Waals surface area contributed by atoms with E-state index in [1.165, 1.54) is 0 Å². The second-order valence-electron chi connectivity index (χ2n) is 4.58. The van der Waals surface area contributed by atoms with E-state index in [2.05, 4.69) is 39.5 Å². The number of nitrogens with zero attached hydrogens (tertiary/aromatic N) is 2. The normalized spacial score (nSPS) is 15.0. The molecular weight excluding hydrogens is 210 g/mol. The molecule has 0 atom stereocenters. The van der Waals surface area contributed by atoms with E-state index < -0.39 is 8.24 Å². The van der Waals surface area contributed by atoms with E-state index in [1.807, 2.05) is 0 Å². The highest BCUT2D eigenvalue weighted by Crippen LogP contribution is 2.29. The molecule has 2 heterocycles. The predicted molar refractivity (Wildman–Crippen MR) is 63.6 cm³/mol. The highest BCUT2D eigenvalue weighted by atomic mass is 28.3. The molecular formula is C8H15N5OSi. The van der Waals surface area contributed by atoms with Crippen molar-refractivity contribution in [3.8, 4) is 0 Å². The topological polar surface area (TPSA) is 87.0 Å². The van der Waals surface area contributed by atoms with Crippen LogP contribution in [0.2, 0.25) is 19.6 Å². The van der Waals surface area contributed by atoms with Gasteiger partial charge in [0.15, 0.2) is 14.1 Å². The summed E-state index contributed by atoms with van der Waals surface area (Å²) in [5.41, 5.74) is 5.87. The fourth-order valence-electron chi connectivity index (χ4n) is 1.62. The Morgan fingerprint density at radius 1 is 1.47 bits per heavy atom. The van der Waals surface area contributed by atoms with Gasteiger partial charge < -0.3 is 15.6 Å². The fourth-order valence-corrected chi connectivity index (χ4v) is 2.97. The zero-order chi connectivity index (χ0) is 11.2. The highest BCUT2D eigenvalue weighted by Gasteiger charge is 2.32. The lowest BCUT2D eigenvalue weighted by Gasteiger charge is -2.30. The second-order valence-corrected chi connectivity index (χ2v) is 9.46. The van der Waals surface area contributed by atoms with Crippen LogP contribution in [0.25, 0.3) is 0 Å². The summed E-state index contributed by atoms with van der Waals surface area (Å²) in [6.45, 7) is 7.24. The predicted octanol–water partition coefficient (Wildman–Crippen LogP) is 0.376. The Balaban J connectivity index is 2.56. The van der Waals surface area contributed by atoms with Crippen molar-refractivity contribution in [2.45, 2.75) is 19.6 Å². The van der Waals surface area contributed by atoms with Crippen LogP contribution in [-0.2, 0) is 0 Å². The van der Waals surface area contributed by atoms with Gasteiger partial charge in [0.25, 0.3) is 5.56 Å². The maximum atomic E-state index is 11.6. The summed E-state index contributed by atoms with van der Waals surface area (Å²) in [6.07, 6.45) is 0. The summed E-state index contributed by atoms with van der Waals surface area (Å²) in [4.78, 5) is 18.2. The maximum Gasteiger partial charge on any atom is 0.277 e. The Labute approximate surface area is 88.6 Å². The number of rotatable bonds is 1. The van der Waals surface area contributed by atoms with E-state index in [4.69, 9.17) is 5.73 Å². The molecule has 0 aliphatic carbocycles. The quantitative estimate of drug-likeness (QED) is 0.601. The number of fused-ring (bicyclic) bond motifs is 1. The molecule has 15 heavy (non-hydrogen) atoms. The molecule has 0 fully saturated rings. The van der Waals surface area contributed by atoms with Crippen LogP contribution in [-0.4, -0.2) is 24.9 Å². The van der Waals surface area contributed by atoms with Crippen LogP contribution in [0, 0.1) is 0 Å². The minimum absolute atomic E-state index is 0.172. The molecule has 0 radical (unpaired) electrons. The summed E-state index contributed by atoms with van der Waals surface area (Å²) in [7, 11) is -1.52. The monoisotopic (exact) mass is 225 g/mol. The smallest absolute Gasteiger partial charge is 0.277 e. The first-order chi connectivity index (χ1) is 6.89. The van der Waals surface area contributed by atoms with Crippen molar-refractivity contribution in [3.05, 3.63) is 10.4 Å². The molecule has 6 nitrogen and oxygen atoms in total. The second kappa shape index (κ2) is 2.99. The molecule has 0 spiro atoms. The Hall–Kier alpha value is -1.50. The molecule has 0 saturated carbocycles. The zero-order valence-electron chi connectivity index (χ0n) is 9.09. The van der Waals surface area contributed by atoms with Crippen LogP contribution in [0.4, 0.5) is 17.5 Å². The molecule has 0 unspecified atom stereocenters. The average Bonchev–Trinajstić information content (AvgIpc) is 2.45. The van der Waals surface area contributed by atoms with Gasteiger partial charge in [0, 0.05) is 0 Å². The lowest BCUT2D eigenvalue weighted by Crippen LogP contribution is -2.46. The Bertz CT molecular complexity index is 449. The number of aromatic nitrogens is 2. The molecule has 1 aliphatic rings. The van der Waals surface area contributed by atoms with Gasteiger partial charge in [-0.25, -0.2) is 0 Å². The first-order valence-electron chi connectivity index (χ1n) is 4.81. The number of aromatic amines is 1. The first kappa shape index (κ1) is 10.0. The summed E-state index contributed by atoms with van der Waals surface area (Å²) in [5, 5.41) is 3.05. The van der Waals surface area contributed by atoms with Crippen molar-refractivity contribution in [1.82, 2.24) is 9.97 Å². The molecule has 0 saturated heterocycles. The van der Waals surface area contributed by atoms with Gasteiger partial charge in [-0.3, -0.25) is 9.78 Å². The van der Waals surface area contributed by atoms with Gasteiger partial charge in [0.1, 0.15) is 5.69 Å². The minimum Gasteiger partial charge on any atom is -0.369 e. The maximum absolute atomic E-state index is 11.6. The van der Waals surface area contributed by atoms with Crippen LogP contribution in [0.1, 0.15) is 0 Å². The van der Waals surface area contributed by atoms with Gasteiger partial charge in [-0.15, -0.1) is 0 Å². The molecule has 2 rings (SSSR count). The van der Waals surface area contributed by atoms with Crippen molar-refractivity contribution in [2.24, 2.45) is 0 Å². The zero-order valence-corrected chi connectivity index (χ0v) is 10.1. The Morgan fingerprint density at radius 3 is 2.73 bits per heavy atom. The van der Waals surface area contributed by atoms with Crippen molar-refractivity contribution in [2.75, 3.05) is 22.3 Å².